The molecule has 0 bridgehead atoms. The van der Waals surface area contributed by atoms with Crippen LogP contribution < -0.4 is 9.47 Å². The molecule has 0 saturated heterocycles. The van der Waals surface area contributed by atoms with Crippen molar-refractivity contribution in [3.8, 4) is 22.6 Å². The third-order valence-electron chi connectivity index (χ3n) is 4.68. The van der Waals surface area contributed by atoms with Crippen LogP contribution in [0.25, 0.3) is 11.1 Å². The van der Waals surface area contributed by atoms with Gasteiger partial charge in [0.1, 0.15) is 5.75 Å². The molecule has 0 aliphatic carbocycles. The number of esters is 3. The average Bonchev–Trinajstić information content (AvgIpc) is 2.80. The van der Waals surface area contributed by atoms with Crippen LogP contribution in [0.5, 0.6) is 11.5 Å². The summed E-state index contributed by atoms with van der Waals surface area (Å²) < 4.78 is 66.1. The molecule has 0 N–H and O–H groups in total. The third-order valence-corrected chi connectivity index (χ3v) is 4.68. The van der Waals surface area contributed by atoms with E-state index in [1.165, 1.54) is 19.1 Å². The summed E-state index contributed by atoms with van der Waals surface area (Å²) in [5.74, 6) is -3.96. The van der Waals surface area contributed by atoms with Gasteiger partial charge in [0, 0.05) is 6.92 Å². The van der Waals surface area contributed by atoms with E-state index in [4.69, 9.17) is 9.47 Å². The fraction of sp³-hybridized carbons (Fsp3) is 0.160. The summed E-state index contributed by atoms with van der Waals surface area (Å²) in [6.07, 6.45) is -7.13. The van der Waals surface area contributed by atoms with Crippen molar-refractivity contribution in [2.24, 2.45) is 0 Å². The smallest absolute Gasteiger partial charge is 0.425 e. The number of rotatable bonds is 6. The Morgan fingerprint density at radius 2 is 1.31 bits per heavy atom. The molecule has 10 heteroatoms. The Bertz CT molecular complexity index is 1230. The number of benzene rings is 3. The lowest BCUT2D eigenvalue weighted by molar-refractivity contribution is -0.198. The summed E-state index contributed by atoms with van der Waals surface area (Å²) in [7, 11) is 0. The maximum Gasteiger partial charge on any atom is 0.425 e. The Labute approximate surface area is 197 Å². The van der Waals surface area contributed by atoms with E-state index < -0.39 is 47.3 Å². The van der Waals surface area contributed by atoms with Crippen LogP contribution in [0, 0.1) is 5.82 Å². The highest BCUT2D eigenvalue weighted by Gasteiger charge is 2.39. The summed E-state index contributed by atoms with van der Waals surface area (Å²) in [6, 6.07) is 15.4. The predicted molar refractivity (Wildman–Crippen MR) is 115 cm³/mol. The summed E-state index contributed by atoms with van der Waals surface area (Å²) in [6.45, 7) is 1.94. The maximum absolute atomic E-state index is 14.3. The maximum atomic E-state index is 14.3. The van der Waals surface area contributed by atoms with Crippen molar-refractivity contribution in [1.29, 1.82) is 0 Å². The van der Waals surface area contributed by atoms with Gasteiger partial charge in [0.15, 0.2) is 17.7 Å². The second-order valence-corrected chi connectivity index (χ2v) is 7.32. The van der Waals surface area contributed by atoms with Gasteiger partial charge in [-0.15, -0.1) is 0 Å². The van der Waals surface area contributed by atoms with Crippen LogP contribution in [-0.2, 0) is 9.53 Å². The Morgan fingerprint density at radius 3 is 1.83 bits per heavy atom. The van der Waals surface area contributed by atoms with Crippen molar-refractivity contribution in [1.82, 2.24) is 0 Å². The van der Waals surface area contributed by atoms with Gasteiger partial charge in [-0.2, -0.15) is 13.2 Å². The van der Waals surface area contributed by atoms with E-state index in [9.17, 15) is 31.9 Å². The van der Waals surface area contributed by atoms with Gasteiger partial charge in [0.25, 0.3) is 0 Å². The Hall–Kier alpha value is -4.21. The zero-order chi connectivity index (χ0) is 25.8. The van der Waals surface area contributed by atoms with Gasteiger partial charge in [-0.1, -0.05) is 24.3 Å². The number of alkyl halides is 3. The Balaban J connectivity index is 1.66. The number of hydrogen-bond acceptors (Lipinski definition) is 6. The molecule has 0 aliphatic rings. The normalized spacial score (nSPS) is 11.9. The van der Waals surface area contributed by atoms with E-state index in [0.29, 0.717) is 18.7 Å². The zero-order valence-corrected chi connectivity index (χ0v) is 18.4. The van der Waals surface area contributed by atoms with Gasteiger partial charge in [-0.3, -0.25) is 4.79 Å². The van der Waals surface area contributed by atoms with Crippen LogP contribution in [-0.4, -0.2) is 30.2 Å². The number of hydrogen-bond donors (Lipinski definition) is 0. The topological polar surface area (TPSA) is 78.9 Å². The number of halogens is 4. The molecule has 0 radical (unpaired) electrons. The first-order chi connectivity index (χ1) is 16.4. The van der Waals surface area contributed by atoms with E-state index in [1.807, 2.05) is 0 Å². The second-order valence-electron chi connectivity index (χ2n) is 7.32. The van der Waals surface area contributed by atoms with Gasteiger partial charge < -0.3 is 14.2 Å². The molecule has 0 heterocycles. The van der Waals surface area contributed by atoms with Gasteiger partial charge in [0.2, 0.25) is 0 Å². The zero-order valence-electron chi connectivity index (χ0n) is 18.4. The summed E-state index contributed by atoms with van der Waals surface area (Å²) in [5.41, 5.74) is 1.17. The third kappa shape index (κ3) is 6.66. The van der Waals surface area contributed by atoms with Crippen LogP contribution in [0.2, 0.25) is 0 Å². The lowest BCUT2D eigenvalue weighted by atomic mass is 10.0. The number of ether oxygens (including phenoxy) is 3. The van der Waals surface area contributed by atoms with Crippen LogP contribution in [0.4, 0.5) is 17.6 Å². The lowest BCUT2D eigenvalue weighted by Gasteiger charge is -2.16. The molecule has 0 spiro atoms. The van der Waals surface area contributed by atoms with Crippen LogP contribution >= 0.6 is 0 Å². The fourth-order valence-electron chi connectivity index (χ4n) is 2.84. The van der Waals surface area contributed by atoms with E-state index >= 15 is 0 Å². The Kier molecular flexibility index (Phi) is 7.53. The van der Waals surface area contributed by atoms with Crippen molar-refractivity contribution in [2.45, 2.75) is 26.1 Å². The van der Waals surface area contributed by atoms with Crippen molar-refractivity contribution in [2.75, 3.05) is 0 Å². The van der Waals surface area contributed by atoms with Crippen molar-refractivity contribution < 1.29 is 46.2 Å². The minimum absolute atomic E-state index is 0.104. The number of carbonyl (C=O) groups is 3. The van der Waals surface area contributed by atoms with Crippen molar-refractivity contribution in [3.05, 3.63) is 83.7 Å². The average molecular weight is 490 g/mol. The molecule has 35 heavy (non-hydrogen) atoms. The molecule has 1 unspecified atom stereocenters. The van der Waals surface area contributed by atoms with Gasteiger partial charge in [-0.05, 0) is 60.5 Å². The van der Waals surface area contributed by atoms with Crippen molar-refractivity contribution >= 4 is 17.9 Å². The minimum Gasteiger partial charge on any atom is -0.449 e. The molecule has 1 atom stereocenters. The molecule has 0 saturated carbocycles. The summed E-state index contributed by atoms with van der Waals surface area (Å²) in [5, 5.41) is 0. The van der Waals surface area contributed by atoms with Crippen molar-refractivity contribution in [3.63, 3.8) is 0 Å². The highest BCUT2D eigenvalue weighted by atomic mass is 19.4. The molecule has 3 aromatic carbocycles. The first kappa shape index (κ1) is 25.4. The molecule has 0 aliphatic heterocycles. The SMILES string of the molecule is CC(=O)Oc1ccc(-c2ccc(C(=O)Oc3ccc(C(=O)OC(C)C(F)(F)F)cc3F)cc2)cc1. The predicted octanol–water partition coefficient (Wildman–Crippen LogP) is 5.74. The van der Waals surface area contributed by atoms with E-state index in [0.717, 1.165) is 23.3 Å². The van der Waals surface area contributed by atoms with E-state index in [2.05, 4.69) is 4.74 Å². The molecule has 182 valence electrons. The highest BCUT2D eigenvalue weighted by Crippen LogP contribution is 2.26. The molecule has 0 aromatic heterocycles. The van der Waals surface area contributed by atoms with Crippen LogP contribution in [0.3, 0.4) is 0 Å². The van der Waals surface area contributed by atoms with Crippen LogP contribution in [0.1, 0.15) is 34.6 Å². The second kappa shape index (κ2) is 10.4. The van der Waals surface area contributed by atoms with Crippen LogP contribution in [0.15, 0.2) is 66.7 Å². The minimum atomic E-state index is -4.76. The molecular weight excluding hydrogens is 472 g/mol. The molecule has 6 nitrogen and oxygen atoms in total. The summed E-state index contributed by atoms with van der Waals surface area (Å²) >= 11 is 0. The molecular formula is C25H18F4O6. The van der Waals surface area contributed by atoms with Gasteiger partial charge in [-0.25, -0.2) is 14.0 Å². The quantitative estimate of drug-likeness (QED) is 0.249. The largest absolute Gasteiger partial charge is 0.449 e. The standard InChI is InChI=1S/C25H18F4O6/c1-14(25(27,28)29)33-24(32)19-9-12-22(21(26)13-19)35-23(31)18-5-3-16(4-6-18)17-7-10-20(11-8-17)34-15(2)30/h3-14H,1-2H3. The molecule has 3 aromatic rings. The van der Waals surface area contributed by atoms with E-state index in [-0.39, 0.29) is 5.56 Å². The molecule has 0 amide bonds. The van der Waals surface area contributed by atoms with E-state index in [1.54, 1.807) is 36.4 Å². The monoisotopic (exact) mass is 490 g/mol. The number of carbonyl (C=O) groups excluding carboxylic acids is 3. The first-order valence-electron chi connectivity index (χ1n) is 10.1. The van der Waals surface area contributed by atoms with Gasteiger partial charge >= 0.3 is 24.1 Å². The first-order valence-corrected chi connectivity index (χ1v) is 10.1. The summed E-state index contributed by atoms with van der Waals surface area (Å²) in [4.78, 5) is 35.2. The van der Waals surface area contributed by atoms with Gasteiger partial charge in [0.05, 0.1) is 11.1 Å². The lowest BCUT2D eigenvalue weighted by Crippen LogP contribution is -2.30. The highest BCUT2D eigenvalue weighted by molar-refractivity contribution is 5.92. The molecule has 0 fully saturated rings. The molecule has 3 rings (SSSR count). The fourth-order valence-corrected chi connectivity index (χ4v) is 2.84. The Morgan fingerprint density at radius 1 is 0.771 bits per heavy atom.